The molecule has 2 aromatic carbocycles. The number of sulfonamides is 1. The van der Waals surface area contributed by atoms with Gasteiger partial charge in [-0.05, 0) is 29.8 Å². The van der Waals surface area contributed by atoms with Crippen molar-refractivity contribution in [2.75, 3.05) is 20.5 Å². The molecule has 6 nitrogen and oxygen atoms in total. The highest BCUT2D eigenvalue weighted by Crippen LogP contribution is 2.36. The minimum absolute atomic E-state index is 0.397. The Morgan fingerprint density at radius 1 is 1.04 bits per heavy atom. The summed E-state index contributed by atoms with van der Waals surface area (Å²) >= 11 is 0. The Kier molecular flexibility index (Phi) is 4.67. The van der Waals surface area contributed by atoms with Gasteiger partial charge in [0.05, 0.1) is 32.2 Å². The average Bonchev–Trinajstić information content (AvgIpc) is 3.08. The molecule has 1 aliphatic heterocycles. The van der Waals surface area contributed by atoms with Crippen LogP contribution in [0.4, 0.5) is 0 Å². The molecule has 1 atom stereocenters. The monoisotopic (exact) mass is 360 g/mol. The van der Waals surface area contributed by atoms with Crippen molar-refractivity contribution in [3.05, 3.63) is 59.7 Å². The summed E-state index contributed by atoms with van der Waals surface area (Å²) in [4.78, 5) is 0. The van der Waals surface area contributed by atoms with E-state index >= 15 is 0 Å². The summed E-state index contributed by atoms with van der Waals surface area (Å²) in [5.74, 6) is 1.39. The van der Waals surface area contributed by atoms with Crippen LogP contribution >= 0.6 is 0 Å². The second-order valence-corrected chi connectivity index (χ2v) is 7.65. The molecule has 0 saturated carbocycles. The maximum absolute atomic E-state index is 12.2. The van der Waals surface area contributed by atoms with Gasteiger partial charge in [0, 0.05) is 12.0 Å². The molecule has 1 aliphatic rings. The summed E-state index contributed by atoms with van der Waals surface area (Å²) in [5.41, 5.74) is 2.39. The van der Waals surface area contributed by atoms with Crippen molar-refractivity contribution in [1.82, 2.24) is 4.41 Å². The molecular formula is C18H20N2O4S. The van der Waals surface area contributed by atoms with Crippen LogP contribution in [0.3, 0.4) is 0 Å². The van der Waals surface area contributed by atoms with E-state index < -0.39 is 16.1 Å². The van der Waals surface area contributed by atoms with Gasteiger partial charge >= 0.3 is 0 Å². The van der Waals surface area contributed by atoms with Crippen molar-refractivity contribution < 1.29 is 17.9 Å². The highest BCUT2D eigenvalue weighted by atomic mass is 32.2. The first-order valence-corrected chi connectivity index (χ1v) is 9.62. The number of ether oxygens (including phenoxy) is 2. The first-order valence-electron chi connectivity index (χ1n) is 7.77. The van der Waals surface area contributed by atoms with Crippen molar-refractivity contribution in [3.63, 3.8) is 0 Å². The van der Waals surface area contributed by atoms with Crippen molar-refractivity contribution in [2.45, 2.75) is 12.5 Å². The number of benzene rings is 2. The molecule has 3 rings (SSSR count). The van der Waals surface area contributed by atoms with E-state index in [0.717, 1.165) is 17.4 Å². The largest absolute Gasteiger partial charge is 0.497 e. The fourth-order valence-electron chi connectivity index (χ4n) is 2.87. The molecule has 2 aromatic rings. The fourth-order valence-corrected chi connectivity index (χ4v) is 3.77. The molecule has 0 unspecified atom stereocenters. The Morgan fingerprint density at radius 2 is 1.68 bits per heavy atom. The van der Waals surface area contributed by atoms with Crippen molar-refractivity contribution >= 4 is 15.7 Å². The summed E-state index contributed by atoms with van der Waals surface area (Å²) in [5, 5.41) is 4.38. The maximum Gasteiger partial charge on any atom is 0.247 e. The van der Waals surface area contributed by atoms with Gasteiger partial charge in [-0.2, -0.15) is 9.52 Å². The number of hydrogen-bond acceptors (Lipinski definition) is 5. The SMILES string of the molecule is COc1cccc(C2=NN(S(C)(=O)=O)[C@@H](c3cccc(OC)c3)C2)c1. The Morgan fingerprint density at radius 3 is 2.32 bits per heavy atom. The minimum atomic E-state index is -3.50. The fraction of sp³-hybridized carbons (Fsp3) is 0.278. The van der Waals surface area contributed by atoms with Crippen LogP contribution in [0.1, 0.15) is 23.6 Å². The third-order valence-electron chi connectivity index (χ3n) is 4.09. The smallest absolute Gasteiger partial charge is 0.247 e. The van der Waals surface area contributed by atoms with Crippen LogP contribution < -0.4 is 9.47 Å². The number of hydrogen-bond donors (Lipinski definition) is 0. The molecule has 7 heteroatoms. The lowest BCUT2D eigenvalue weighted by Crippen LogP contribution is -2.25. The highest BCUT2D eigenvalue weighted by Gasteiger charge is 2.34. The Bertz CT molecular complexity index is 909. The molecule has 0 spiro atoms. The summed E-state index contributed by atoms with van der Waals surface area (Å²) in [7, 11) is -0.324. The van der Waals surface area contributed by atoms with Crippen LogP contribution in [-0.2, 0) is 10.0 Å². The lowest BCUT2D eigenvalue weighted by Gasteiger charge is -2.21. The molecule has 0 amide bonds. The molecule has 132 valence electrons. The lowest BCUT2D eigenvalue weighted by molar-refractivity contribution is 0.371. The Hall–Kier alpha value is -2.54. The van der Waals surface area contributed by atoms with E-state index in [-0.39, 0.29) is 0 Å². The van der Waals surface area contributed by atoms with Gasteiger partial charge in [-0.1, -0.05) is 24.3 Å². The van der Waals surface area contributed by atoms with Gasteiger partial charge in [-0.15, -0.1) is 0 Å². The predicted molar refractivity (Wildman–Crippen MR) is 96.6 cm³/mol. The van der Waals surface area contributed by atoms with E-state index in [4.69, 9.17) is 9.47 Å². The zero-order valence-corrected chi connectivity index (χ0v) is 15.2. The van der Waals surface area contributed by atoms with Gasteiger partial charge in [0.25, 0.3) is 0 Å². The second kappa shape index (κ2) is 6.76. The number of rotatable bonds is 5. The van der Waals surface area contributed by atoms with Gasteiger partial charge in [0.15, 0.2) is 0 Å². The molecule has 0 fully saturated rings. The third-order valence-corrected chi connectivity index (χ3v) is 5.11. The van der Waals surface area contributed by atoms with Gasteiger partial charge in [-0.3, -0.25) is 0 Å². The van der Waals surface area contributed by atoms with Crippen LogP contribution in [0.2, 0.25) is 0 Å². The van der Waals surface area contributed by atoms with Crippen molar-refractivity contribution in [3.8, 4) is 11.5 Å². The van der Waals surface area contributed by atoms with E-state index in [1.165, 1.54) is 4.41 Å². The van der Waals surface area contributed by atoms with Crippen molar-refractivity contribution in [2.24, 2.45) is 5.10 Å². The summed E-state index contributed by atoms with van der Waals surface area (Å²) in [6, 6.07) is 14.5. The lowest BCUT2D eigenvalue weighted by atomic mass is 9.99. The van der Waals surface area contributed by atoms with E-state index in [1.807, 2.05) is 48.5 Å². The molecule has 0 saturated heterocycles. The van der Waals surface area contributed by atoms with E-state index in [0.29, 0.717) is 23.6 Å². The van der Waals surface area contributed by atoms with Gasteiger partial charge in [0.2, 0.25) is 10.0 Å². The topological polar surface area (TPSA) is 68.2 Å². The zero-order valence-electron chi connectivity index (χ0n) is 14.3. The molecule has 0 N–H and O–H groups in total. The van der Waals surface area contributed by atoms with Crippen LogP contribution in [0.5, 0.6) is 11.5 Å². The zero-order chi connectivity index (χ0) is 18.0. The Balaban J connectivity index is 2.01. The average molecular weight is 360 g/mol. The van der Waals surface area contributed by atoms with Crippen LogP contribution in [0.25, 0.3) is 0 Å². The van der Waals surface area contributed by atoms with Gasteiger partial charge in [-0.25, -0.2) is 8.42 Å². The summed E-state index contributed by atoms with van der Waals surface area (Å²) < 4.78 is 36.1. The van der Waals surface area contributed by atoms with E-state index in [2.05, 4.69) is 5.10 Å². The van der Waals surface area contributed by atoms with Crippen LogP contribution in [-0.4, -0.2) is 39.0 Å². The molecule has 0 aliphatic carbocycles. The third kappa shape index (κ3) is 3.61. The number of hydrazone groups is 1. The molecule has 1 heterocycles. The highest BCUT2D eigenvalue weighted by molar-refractivity contribution is 7.88. The van der Waals surface area contributed by atoms with Gasteiger partial charge in [0.1, 0.15) is 11.5 Å². The Labute approximate surface area is 147 Å². The van der Waals surface area contributed by atoms with Gasteiger partial charge < -0.3 is 9.47 Å². The summed E-state index contributed by atoms with van der Waals surface area (Å²) in [6.45, 7) is 0. The van der Waals surface area contributed by atoms with E-state index in [1.54, 1.807) is 14.2 Å². The summed E-state index contributed by atoms with van der Waals surface area (Å²) in [6.07, 6.45) is 1.64. The van der Waals surface area contributed by atoms with Crippen LogP contribution in [0.15, 0.2) is 53.6 Å². The maximum atomic E-state index is 12.2. The minimum Gasteiger partial charge on any atom is -0.497 e. The normalized spacial score (nSPS) is 17.3. The van der Waals surface area contributed by atoms with Crippen molar-refractivity contribution in [1.29, 1.82) is 0 Å². The van der Waals surface area contributed by atoms with Crippen LogP contribution in [0, 0.1) is 0 Å². The predicted octanol–water partition coefficient (Wildman–Crippen LogP) is 2.81. The first-order chi connectivity index (χ1) is 11.9. The first kappa shape index (κ1) is 17.3. The molecular weight excluding hydrogens is 340 g/mol. The quantitative estimate of drug-likeness (QED) is 0.822. The molecule has 0 radical (unpaired) electrons. The molecule has 0 bridgehead atoms. The molecule has 25 heavy (non-hydrogen) atoms. The number of methoxy groups -OCH3 is 2. The standard InChI is InChI=1S/C18H20N2O4S/c1-23-15-8-4-6-13(10-15)17-12-18(20(19-17)25(3,21)22)14-7-5-9-16(11-14)24-2/h4-11,18H,12H2,1-3H3/t18-/m1/s1. The molecule has 0 aromatic heterocycles. The second-order valence-electron chi connectivity index (χ2n) is 5.81. The van der Waals surface area contributed by atoms with E-state index in [9.17, 15) is 8.42 Å². The number of nitrogens with zero attached hydrogens (tertiary/aromatic N) is 2.